The zero-order valence-electron chi connectivity index (χ0n) is 12.6. The molecule has 0 aliphatic carbocycles. The molecule has 0 spiro atoms. The minimum atomic E-state index is -4.56. The summed E-state index contributed by atoms with van der Waals surface area (Å²) in [7, 11) is 0. The van der Waals surface area contributed by atoms with Crippen molar-refractivity contribution >= 4 is 22.6 Å². The second-order valence-electron chi connectivity index (χ2n) is 5.19. The molecule has 25 heavy (non-hydrogen) atoms. The van der Waals surface area contributed by atoms with Gasteiger partial charge in [-0.3, -0.25) is 4.79 Å². The summed E-state index contributed by atoms with van der Waals surface area (Å²) in [6.45, 7) is 0. The molecule has 1 heterocycles. The Bertz CT molecular complexity index is 1080. The summed E-state index contributed by atoms with van der Waals surface area (Å²) in [5.41, 5.74) is -1.33. The third-order valence-electron chi connectivity index (χ3n) is 3.55. The van der Waals surface area contributed by atoms with E-state index in [9.17, 15) is 23.2 Å². The first-order chi connectivity index (χ1) is 11.9. The van der Waals surface area contributed by atoms with Gasteiger partial charge in [-0.25, -0.2) is 4.98 Å². The van der Waals surface area contributed by atoms with Crippen LogP contribution in [0.25, 0.3) is 22.6 Å². The Balaban J connectivity index is 2.19. The van der Waals surface area contributed by atoms with Crippen LogP contribution in [0.2, 0.25) is 0 Å². The monoisotopic (exact) mass is 341 g/mol. The number of aromatic nitrogens is 2. The third-order valence-corrected chi connectivity index (χ3v) is 3.55. The molecule has 0 saturated heterocycles. The zero-order chi connectivity index (χ0) is 18.0. The fraction of sp³-hybridized carbons (Fsp3) is 0.0556. The van der Waals surface area contributed by atoms with E-state index in [1.165, 1.54) is 18.2 Å². The first kappa shape index (κ1) is 16.5. The lowest BCUT2D eigenvalue weighted by Crippen LogP contribution is -2.11. The maximum Gasteiger partial charge on any atom is 0.416 e. The summed E-state index contributed by atoms with van der Waals surface area (Å²) in [4.78, 5) is 18.7. The highest BCUT2D eigenvalue weighted by Gasteiger charge is 2.32. The van der Waals surface area contributed by atoms with E-state index >= 15 is 0 Å². The highest BCUT2D eigenvalue weighted by Crippen LogP contribution is 2.33. The Kier molecular flexibility index (Phi) is 4.11. The second-order valence-corrected chi connectivity index (χ2v) is 5.19. The van der Waals surface area contributed by atoms with E-state index in [2.05, 4.69) is 9.97 Å². The van der Waals surface area contributed by atoms with Crippen LogP contribution in [0.4, 0.5) is 13.2 Å². The molecule has 0 aliphatic rings. The van der Waals surface area contributed by atoms with Crippen molar-refractivity contribution in [3.8, 4) is 6.07 Å². The predicted molar refractivity (Wildman–Crippen MR) is 87.3 cm³/mol. The largest absolute Gasteiger partial charge is 0.416 e. The number of nitrogens with zero attached hydrogens (tertiary/aromatic N) is 2. The Labute approximate surface area is 139 Å². The molecule has 0 aliphatic heterocycles. The van der Waals surface area contributed by atoms with Crippen molar-refractivity contribution in [3.63, 3.8) is 0 Å². The molecule has 0 unspecified atom stereocenters. The Morgan fingerprint density at radius 1 is 1.12 bits per heavy atom. The molecule has 1 N–H and O–H groups in total. The average Bonchev–Trinajstić information content (AvgIpc) is 2.59. The number of benzene rings is 2. The zero-order valence-corrected chi connectivity index (χ0v) is 12.6. The quantitative estimate of drug-likeness (QED) is 0.716. The second kappa shape index (κ2) is 6.24. The third kappa shape index (κ3) is 3.28. The van der Waals surface area contributed by atoms with Gasteiger partial charge in [0.1, 0.15) is 6.07 Å². The fourth-order valence-corrected chi connectivity index (χ4v) is 2.40. The van der Waals surface area contributed by atoms with Gasteiger partial charge in [-0.15, -0.1) is 0 Å². The average molecular weight is 341 g/mol. The number of alkyl halides is 3. The number of hydrogen-bond donors (Lipinski definition) is 1. The van der Waals surface area contributed by atoms with Crippen LogP contribution in [0.1, 0.15) is 17.0 Å². The van der Waals surface area contributed by atoms with Gasteiger partial charge >= 0.3 is 6.18 Å². The normalized spacial score (nSPS) is 12.2. The molecular weight excluding hydrogens is 331 g/mol. The maximum absolute atomic E-state index is 13.1. The van der Waals surface area contributed by atoms with Gasteiger partial charge in [0, 0.05) is 0 Å². The predicted octanol–water partition coefficient (Wildman–Crippen LogP) is 4.01. The van der Waals surface area contributed by atoms with Crippen molar-refractivity contribution in [2.24, 2.45) is 0 Å². The highest BCUT2D eigenvalue weighted by atomic mass is 19.4. The highest BCUT2D eigenvalue weighted by molar-refractivity contribution is 5.89. The molecule has 0 saturated carbocycles. The van der Waals surface area contributed by atoms with Crippen molar-refractivity contribution in [3.05, 3.63) is 75.8 Å². The number of halogens is 3. The lowest BCUT2D eigenvalue weighted by Gasteiger charge is -2.10. The molecule has 2 aromatic carbocycles. The van der Waals surface area contributed by atoms with Gasteiger partial charge in [0.15, 0.2) is 5.82 Å². The van der Waals surface area contributed by atoms with Gasteiger partial charge in [-0.05, 0) is 29.8 Å². The molecule has 0 amide bonds. The van der Waals surface area contributed by atoms with Crippen molar-refractivity contribution in [1.82, 2.24) is 9.97 Å². The van der Waals surface area contributed by atoms with Crippen molar-refractivity contribution in [2.45, 2.75) is 6.18 Å². The molecule has 124 valence electrons. The first-order valence-electron chi connectivity index (χ1n) is 7.17. The van der Waals surface area contributed by atoms with Crippen LogP contribution in [0.3, 0.4) is 0 Å². The van der Waals surface area contributed by atoms with Crippen LogP contribution >= 0.6 is 0 Å². The summed E-state index contributed by atoms with van der Waals surface area (Å²) < 4.78 is 39.3. The summed E-state index contributed by atoms with van der Waals surface area (Å²) in [5, 5.41) is 9.67. The van der Waals surface area contributed by atoms with Crippen molar-refractivity contribution in [2.75, 3.05) is 0 Å². The van der Waals surface area contributed by atoms with Crippen LogP contribution in [-0.2, 0) is 6.18 Å². The Hall–Kier alpha value is -3.40. The Morgan fingerprint density at radius 2 is 1.80 bits per heavy atom. The molecule has 7 heteroatoms. The number of rotatable bonds is 2. The molecule has 0 radical (unpaired) electrons. The van der Waals surface area contributed by atoms with Gasteiger partial charge in [0.05, 0.1) is 22.0 Å². The SMILES string of the molecule is N#C/C(=C\c1ccccc1C(F)(F)F)c1nc2ccccc2c(=O)[nH]1. The minimum absolute atomic E-state index is 0.0804. The van der Waals surface area contributed by atoms with E-state index in [0.29, 0.717) is 10.9 Å². The minimum Gasteiger partial charge on any atom is -0.305 e. The molecule has 0 atom stereocenters. The van der Waals surface area contributed by atoms with Crippen molar-refractivity contribution in [1.29, 1.82) is 5.26 Å². The van der Waals surface area contributed by atoms with Crippen LogP contribution in [0.15, 0.2) is 53.3 Å². The van der Waals surface area contributed by atoms with E-state index in [-0.39, 0.29) is 17.0 Å². The van der Waals surface area contributed by atoms with E-state index in [1.54, 1.807) is 30.3 Å². The number of hydrogen-bond acceptors (Lipinski definition) is 3. The number of H-pyrrole nitrogens is 1. The number of aromatic amines is 1. The van der Waals surface area contributed by atoms with Crippen LogP contribution in [0, 0.1) is 11.3 Å². The molecule has 0 bridgehead atoms. The first-order valence-corrected chi connectivity index (χ1v) is 7.17. The summed E-state index contributed by atoms with van der Waals surface area (Å²) in [6.07, 6.45) is -3.49. The molecule has 4 nitrogen and oxygen atoms in total. The van der Waals surface area contributed by atoms with Crippen molar-refractivity contribution < 1.29 is 13.2 Å². The summed E-state index contributed by atoms with van der Waals surface area (Å²) in [5.74, 6) is -0.0804. The number of fused-ring (bicyclic) bond motifs is 1. The Morgan fingerprint density at radius 3 is 2.52 bits per heavy atom. The van der Waals surface area contributed by atoms with E-state index in [4.69, 9.17) is 0 Å². The van der Waals surface area contributed by atoms with E-state index in [0.717, 1.165) is 12.1 Å². The number of nitriles is 1. The summed E-state index contributed by atoms with van der Waals surface area (Å²) >= 11 is 0. The maximum atomic E-state index is 13.1. The van der Waals surface area contributed by atoms with Gasteiger partial charge in [-0.1, -0.05) is 30.3 Å². The van der Waals surface area contributed by atoms with E-state index < -0.39 is 17.3 Å². The van der Waals surface area contributed by atoms with Crippen LogP contribution < -0.4 is 5.56 Å². The molecule has 3 rings (SSSR count). The lowest BCUT2D eigenvalue weighted by atomic mass is 10.0. The van der Waals surface area contributed by atoms with Gasteiger partial charge < -0.3 is 4.98 Å². The van der Waals surface area contributed by atoms with Gasteiger partial charge in [-0.2, -0.15) is 18.4 Å². The van der Waals surface area contributed by atoms with Crippen LogP contribution in [-0.4, -0.2) is 9.97 Å². The number of allylic oxidation sites excluding steroid dienone is 1. The molecule has 3 aromatic rings. The van der Waals surface area contributed by atoms with Crippen LogP contribution in [0.5, 0.6) is 0 Å². The molecule has 1 aromatic heterocycles. The fourth-order valence-electron chi connectivity index (χ4n) is 2.40. The standard InChI is InChI=1S/C18H10F3N3O/c19-18(20,21)14-7-3-1-5-11(14)9-12(10-22)16-23-15-8-4-2-6-13(15)17(25)24-16/h1-9H,(H,23,24,25)/b12-9+. The number of nitrogens with one attached hydrogen (secondary N) is 1. The molecular formula is C18H10F3N3O. The summed E-state index contributed by atoms with van der Waals surface area (Å²) in [6, 6.07) is 13.2. The van der Waals surface area contributed by atoms with Gasteiger partial charge in [0.25, 0.3) is 5.56 Å². The van der Waals surface area contributed by atoms with E-state index in [1.807, 2.05) is 0 Å². The number of para-hydroxylation sites is 1. The lowest BCUT2D eigenvalue weighted by molar-refractivity contribution is -0.137. The topological polar surface area (TPSA) is 69.5 Å². The molecule has 0 fully saturated rings. The van der Waals surface area contributed by atoms with Gasteiger partial charge in [0.2, 0.25) is 0 Å². The smallest absolute Gasteiger partial charge is 0.305 e.